The Bertz CT molecular complexity index is 768. The van der Waals surface area contributed by atoms with Gasteiger partial charge in [-0.2, -0.15) is 0 Å². The Hall–Kier alpha value is -2.30. The second-order valence-electron chi connectivity index (χ2n) is 6.12. The Balaban J connectivity index is 1.97. The first-order valence-electron chi connectivity index (χ1n) is 8.20. The van der Waals surface area contributed by atoms with Crippen LogP contribution in [0.3, 0.4) is 0 Å². The van der Waals surface area contributed by atoms with Crippen molar-refractivity contribution in [2.24, 2.45) is 0 Å². The molecule has 0 radical (unpaired) electrons. The van der Waals surface area contributed by atoms with Gasteiger partial charge in [0.1, 0.15) is 11.6 Å². The largest absolute Gasteiger partial charge is 0.423 e. The van der Waals surface area contributed by atoms with E-state index in [9.17, 15) is 9.59 Å². The molecule has 1 unspecified atom stereocenters. The lowest BCUT2D eigenvalue weighted by Gasteiger charge is -2.27. The Morgan fingerprint density at radius 3 is 3.00 bits per heavy atom. The lowest BCUT2D eigenvalue weighted by atomic mass is 10.1. The van der Waals surface area contributed by atoms with Crippen LogP contribution in [0.1, 0.15) is 33.1 Å². The fourth-order valence-electron chi connectivity index (χ4n) is 3.10. The first kappa shape index (κ1) is 15.6. The topological polar surface area (TPSA) is 62.6 Å². The molecule has 1 fully saturated rings. The number of rotatable bonds is 4. The van der Waals surface area contributed by atoms with Crippen molar-refractivity contribution in [1.29, 1.82) is 0 Å². The second-order valence-corrected chi connectivity index (χ2v) is 6.12. The van der Waals surface area contributed by atoms with Crippen LogP contribution in [0.4, 0.5) is 5.69 Å². The van der Waals surface area contributed by atoms with Crippen molar-refractivity contribution in [3.63, 3.8) is 0 Å². The molecule has 1 aliphatic heterocycles. The number of fused-ring (bicyclic) bond motifs is 1. The average Bonchev–Trinajstić information content (AvgIpc) is 3.03. The number of para-hydroxylation sites is 1. The summed E-state index contributed by atoms with van der Waals surface area (Å²) < 4.78 is 5.26. The van der Waals surface area contributed by atoms with Crippen molar-refractivity contribution in [3.8, 4) is 0 Å². The van der Waals surface area contributed by atoms with Gasteiger partial charge in [-0.25, -0.2) is 4.79 Å². The van der Waals surface area contributed by atoms with E-state index < -0.39 is 0 Å². The molecule has 1 aromatic carbocycles. The molecular formula is C18H22N2O3. The maximum Gasteiger partial charge on any atom is 0.338 e. The zero-order valence-corrected chi connectivity index (χ0v) is 13.5. The molecule has 2 atom stereocenters. The van der Waals surface area contributed by atoms with E-state index in [2.05, 4.69) is 5.32 Å². The molecule has 0 bridgehead atoms. The van der Waals surface area contributed by atoms with E-state index in [1.165, 1.54) is 6.07 Å². The number of hydrogen-bond donors (Lipinski definition) is 1. The lowest BCUT2D eigenvalue weighted by molar-refractivity contribution is -0.122. The molecular weight excluding hydrogens is 292 g/mol. The maximum absolute atomic E-state index is 12.6. The molecule has 2 aromatic rings. The predicted molar refractivity (Wildman–Crippen MR) is 90.7 cm³/mol. The summed E-state index contributed by atoms with van der Waals surface area (Å²) in [6.45, 7) is 4.82. The third-order valence-corrected chi connectivity index (χ3v) is 4.49. The van der Waals surface area contributed by atoms with E-state index in [-0.39, 0.29) is 23.6 Å². The van der Waals surface area contributed by atoms with Crippen LogP contribution in [0.15, 0.2) is 39.5 Å². The molecule has 1 saturated heterocycles. The quantitative estimate of drug-likeness (QED) is 0.881. The summed E-state index contributed by atoms with van der Waals surface area (Å²) >= 11 is 0. The number of nitrogens with zero attached hydrogens (tertiary/aromatic N) is 1. The molecule has 2 heterocycles. The van der Waals surface area contributed by atoms with E-state index in [1.54, 1.807) is 6.07 Å². The first-order chi connectivity index (χ1) is 11.1. The van der Waals surface area contributed by atoms with Gasteiger partial charge in [-0.1, -0.05) is 19.1 Å². The average molecular weight is 314 g/mol. The maximum atomic E-state index is 12.6. The number of hydrogen-bond acceptors (Lipinski definition) is 4. The standard InChI is InChI=1S/C18H22N2O3/c1-3-12(2)19-18(22)14-8-6-10-20(14)15-11-17(21)23-16-9-5-4-7-13(15)16/h4-5,7,9,11-12,14H,3,6,8,10H2,1-2H3,(H,19,22)/t12?,14-/m0/s1. The Morgan fingerprint density at radius 2 is 2.22 bits per heavy atom. The van der Waals surface area contributed by atoms with Crippen molar-refractivity contribution >= 4 is 22.6 Å². The van der Waals surface area contributed by atoms with E-state index in [0.717, 1.165) is 36.9 Å². The summed E-state index contributed by atoms with van der Waals surface area (Å²) in [6, 6.07) is 8.89. The molecule has 0 aliphatic carbocycles. The van der Waals surface area contributed by atoms with Gasteiger partial charge >= 0.3 is 5.63 Å². The monoisotopic (exact) mass is 314 g/mol. The van der Waals surface area contributed by atoms with Crippen molar-refractivity contribution in [1.82, 2.24) is 5.32 Å². The Morgan fingerprint density at radius 1 is 1.43 bits per heavy atom. The van der Waals surface area contributed by atoms with Crippen LogP contribution in [0.2, 0.25) is 0 Å². The van der Waals surface area contributed by atoms with Gasteiger partial charge in [0.2, 0.25) is 5.91 Å². The number of carbonyl (C=O) groups excluding carboxylic acids is 1. The minimum atomic E-state index is -0.383. The van der Waals surface area contributed by atoms with Gasteiger partial charge in [0.25, 0.3) is 0 Å². The van der Waals surface area contributed by atoms with Crippen LogP contribution in [0.25, 0.3) is 11.0 Å². The molecule has 23 heavy (non-hydrogen) atoms. The summed E-state index contributed by atoms with van der Waals surface area (Å²) in [6.07, 6.45) is 2.64. The number of anilines is 1. The second kappa shape index (κ2) is 6.44. The summed E-state index contributed by atoms with van der Waals surface area (Å²) in [5, 5.41) is 3.92. The molecule has 0 spiro atoms. The van der Waals surface area contributed by atoms with Crippen LogP contribution in [-0.2, 0) is 4.79 Å². The van der Waals surface area contributed by atoms with Crippen LogP contribution in [0.5, 0.6) is 0 Å². The Kier molecular flexibility index (Phi) is 4.37. The number of amides is 1. The highest BCUT2D eigenvalue weighted by molar-refractivity contribution is 5.94. The van der Waals surface area contributed by atoms with Crippen LogP contribution >= 0.6 is 0 Å². The van der Waals surface area contributed by atoms with E-state index in [4.69, 9.17) is 4.42 Å². The molecule has 122 valence electrons. The highest BCUT2D eigenvalue weighted by Crippen LogP contribution is 2.31. The number of nitrogens with one attached hydrogen (secondary N) is 1. The van der Waals surface area contributed by atoms with Gasteiger partial charge in [-0.15, -0.1) is 0 Å². The summed E-state index contributed by atoms with van der Waals surface area (Å²) in [5.41, 5.74) is 0.966. The third-order valence-electron chi connectivity index (χ3n) is 4.49. The smallest absolute Gasteiger partial charge is 0.338 e. The van der Waals surface area contributed by atoms with E-state index >= 15 is 0 Å². The van der Waals surface area contributed by atoms with E-state index in [1.807, 2.05) is 36.9 Å². The highest BCUT2D eigenvalue weighted by Gasteiger charge is 2.32. The van der Waals surface area contributed by atoms with Gasteiger partial charge in [0, 0.05) is 24.0 Å². The molecule has 5 nitrogen and oxygen atoms in total. The zero-order valence-electron chi connectivity index (χ0n) is 13.5. The first-order valence-corrected chi connectivity index (χ1v) is 8.20. The van der Waals surface area contributed by atoms with Gasteiger partial charge in [0.15, 0.2) is 0 Å². The van der Waals surface area contributed by atoms with Gasteiger partial charge in [0.05, 0.1) is 5.69 Å². The minimum absolute atomic E-state index is 0.0363. The van der Waals surface area contributed by atoms with E-state index in [0.29, 0.717) is 5.58 Å². The molecule has 3 rings (SSSR count). The van der Waals surface area contributed by atoms with Crippen molar-refractivity contribution in [2.75, 3.05) is 11.4 Å². The van der Waals surface area contributed by atoms with Crippen molar-refractivity contribution in [3.05, 3.63) is 40.8 Å². The number of benzene rings is 1. The highest BCUT2D eigenvalue weighted by atomic mass is 16.4. The fraction of sp³-hybridized carbons (Fsp3) is 0.444. The molecule has 1 aromatic heterocycles. The minimum Gasteiger partial charge on any atom is -0.423 e. The van der Waals surface area contributed by atoms with Crippen LogP contribution < -0.4 is 15.8 Å². The normalized spacial score (nSPS) is 19.0. The SMILES string of the molecule is CCC(C)NC(=O)[C@@H]1CCCN1c1cc(=O)oc2ccccc12. The molecule has 5 heteroatoms. The van der Waals surface area contributed by atoms with Crippen molar-refractivity contribution in [2.45, 2.75) is 45.2 Å². The molecule has 0 saturated carbocycles. The third kappa shape index (κ3) is 3.09. The summed E-state index contributed by atoms with van der Waals surface area (Å²) in [7, 11) is 0. The zero-order chi connectivity index (χ0) is 16.4. The predicted octanol–water partition coefficient (Wildman–Crippen LogP) is 2.68. The van der Waals surface area contributed by atoms with Crippen LogP contribution in [0, 0.1) is 0 Å². The summed E-state index contributed by atoms with van der Waals surface area (Å²) in [4.78, 5) is 26.5. The molecule has 1 aliphatic rings. The van der Waals surface area contributed by atoms with Crippen molar-refractivity contribution < 1.29 is 9.21 Å². The van der Waals surface area contributed by atoms with Gasteiger partial charge < -0.3 is 14.6 Å². The fourth-order valence-corrected chi connectivity index (χ4v) is 3.10. The van der Waals surface area contributed by atoms with Gasteiger partial charge in [-0.05, 0) is 38.3 Å². The lowest BCUT2D eigenvalue weighted by Crippen LogP contribution is -2.46. The Labute approximate surface area is 135 Å². The number of carbonyl (C=O) groups is 1. The summed E-state index contributed by atoms with van der Waals surface area (Å²) in [5.74, 6) is 0.0363. The molecule has 1 amide bonds. The van der Waals surface area contributed by atoms with Gasteiger partial charge in [-0.3, -0.25) is 4.79 Å². The molecule has 1 N–H and O–H groups in total. The van der Waals surface area contributed by atoms with Crippen LogP contribution in [-0.4, -0.2) is 24.5 Å².